The first kappa shape index (κ1) is 15.9. The second kappa shape index (κ2) is 6.05. The molecule has 1 aliphatic rings. The van der Waals surface area contributed by atoms with Crippen molar-refractivity contribution in [2.45, 2.75) is 5.54 Å². The highest BCUT2D eigenvalue weighted by Crippen LogP contribution is 2.43. The maximum Gasteiger partial charge on any atom is 0.129 e. The Morgan fingerprint density at radius 2 is 1.68 bits per heavy atom. The van der Waals surface area contributed by atoms with E-state index in [0.717, 1.165) is 32.6 Å². The Kier molecular flexibility index (Phi) is 3.85. The Bertz CT molecular complexity index is 966. The molecule has 1 atom stereocenters. The van der Waals surface area contributed by atoms with E-state index < -0.39 is 5.54 Å². The normalized spacial score (nSPS) is 20.3. The molecule has 2 N–H and O–H groups in total. The molecule has 0 bridgehead atoms. The average molecular weight is 393 g/mol. The quantitative estimate of drug-likeness (QED) is 0.677. The standard InChI is InChI=1S/C21H17BrN2O/c1-23-20-18-7-2-3-8-19(18)21(24-20,14-9-11-17(25)12-10-14)15-5-4-6-16(22)13-15/h2-13,25H,1H3,(H,23,24). The number of fused-ring (bicyclic) bond motifs is 1. The third kappa shape index (κ3) is 2.45. The predicted octanol–water partition coefficient (Wildman–Crippen LogP) is 4.43. The molecular weight excluding hydrogens is 376 g/mol. The molecule has 0 spiro atoms. The van der Waals surface area contributed by atoms with Gasteiger partial charge in [-0.1, -0.05) is 64.5 Å². The number of phenolic OH excluding ortho intramolecular Hbond substituents is 1. The first-order chi connectivity index (χ1) is 12.1. The third-order valence-corrected chi connectivity index (χ3v) is 5.17. The van der Waals surface area contributed by atoms with Crippen molar-refractivity contribution in [3.05, 3.63) is 99.5 Å². The lowest BCUT2D eigenvalue weighted by Crippen LogP contribution is -2.41. The van der Waals surface area contributed by atoms with Gasteiger partial charge in [0.2, 0.25) is 0 Å². The summed E-state index contributed by atoms with van der Waals surface area (Å²) in [6, 6.07) is 23.9. The summed E-state index contributed by atoms with van der Waals surface area (Å²) in [6.45, 7) is 0. The van der Waals surface area contributed by atoms with Crippen LogP contribution in [0.1, 0.15) is 22.3 Å². The number of hydrogen-bond acceptors (Lipinski definition) is 2. The van der Waals surface area contributed by atoms with E-state index in [1.165, 1.54) is 0 Å². The van der Waals surface area contributed by atoms with Crippen LogP contribution in [-0.4, -0.2) is 18.0 Å². The summed E-state index contributed by atoms with van der Waals surface area (Å²) < 4.78 is 1.02. The average Bonchev–Trinajstić information content (AvgIpc) is 2.98. The van der Waals surface area contributed by atoms with E-state index in [9.17, 15) is 5.11 Å². The number of phenols is 1. The molecule has 0 fully saturated rings. The van der Waals surface area contributed by atoms with Crippen LogP contribution in [0.4, 0.5) is 0 Å². The van der Waals surface area contributed by atoms with E-state index in [0.29, 0.717) is 0 Å². The van der Waals surface area contributed by atoms with Crippen molar-refractivity contribution < 1.29 is 5.11 Å². The van der Waals surface area contributed by atoms with Crippen LogP contribution >= 0.6 is 15.9 Å². The summed E-state index contributed by atoms with van der Waals surface area (Å²) in [6.07, 6.45) is 0. The van der Waals surface area contributed by atoms with E-state index in [-0.39, 0.29) is 5.75 Å². The molecule has 0 amide bonds. The van der Waals surface area contributed by atoms with Gasteiger partial charge in [-0.25, -0.2) is 0 Å². The second-order valence-corrected chi connectivity index (χ2v) is 6.97. The van der Waals surface area contributed by atoms with Crippen LogP contribution in [-0.2, 0) is 5.54 Å². The monoisotopic (exact) mass is 392 g/mol. The number of aromatic hydroxyl groups is 1. The van der Waals surface area contributed by atoms with Crippen molar-refractivity contribution in [3.8, 4) is 5.75 Å². The third-order valence-electron chi connectivity index (χ3n) is 4.67. The van der Waals surface area contributed by atoms with E-state index in [2.05, 4.69) is 50.5 Å². The molecule has 3 nitrogen and oxygen atoms in total. The Labute approximate surface area is 155 Å². The molecule has 3 aromatic carbocycles. The molecule has 0 saturated carbocycles. The van der Waals surface area contributed by atoms with Crippen molar-refractivity contribution in [2.24, 2.45) is 4.99 Å². The maximum absolute atomic E-state index is 9.74. The Hall–Kier alpha value is -2.59. The summed E-state index contributed by atoms with van der Waals surface area (Å²) in [5, 5.41) is 13.4. The zero-order valence-electron chi connectivity index (χ0n) is 13.7. The van der Waals surface area contributed by atoms with Crippen molar-refractivity contribution >= 4 is 21.8 Å². The zero-order chi connectivity index (χ0) is 17.4. The SMILES string of the molecule is CN=C1NC(c2ccc(O)cc2)(c2cccc(Br)c2)c2ccccc21. The maximum atomic E-state index is 9.74. The van der Waals surface area contributed by atoms with Gasteiger partial charge in [0.1, 0.15) is 17.1 Å². The molecule has 0 saturated heterocycles. The fraction of sp³-hybridized carbons (Fsp3) is 0.0952. The Morgan fingerprint density at radius 3 is 2.40 bits per heavy atom. The number of rotatable bonds is 2. The lowest BCUT2D eigenvalue weighted by Gasteiger charge is -2.32. The van der Waals surface area contributed by atoms with Gasteiger partial charge < -0.3 is 10.4 Å². The zero-order valence-corrected chi connectivity index (χ0v) is 15.3. The molecule has 1 heterocycles. The highest BCUT2D eigenvalue weighted by Gasteiger charge is 2.44. The number of nitrogens with zero attached hydrogens (tertiary/aromatic N) is 1. The number of halogens is 1. The minimum Gasteiger partial charge on any atom is -0.508 e. The van der Waals surface area contributed by atoms with Crippen LogP contribution in [0.2, 0.25) is 0 Å². The summed E-state index contributed by atoms with van der Waals surface area (Å²) in [7, 11) is 1.80. The van der Waals surface area contributed by atoms with Crippen LogP contribution in [0, 0.1) is 0 Å². The molecule has 1 unspecified atom stereocenters. The van der Waals surface area contributed by atoms with Crippen molar-refractivity contribution in [1.29, 1.82) is 0 Å². The lowest BCUT2D eigenvalue weighted by molar-refractivity contribution is 0.474. The highest BCUT2D eigenvalue weighted by atomic mass is 79.9. The molecule has 0 radical (unpaired) electrons. The highest BCUT2D eigenvalue weighted by molar-refractivity contribution is 9.10. The van der Waals surface area contributed by atoms with Crippen LogP contribution in [0.15, 0.2) is 82.3 Å². The second-order valence-electron chi connectivity index (χ2n) is 6.05. The van der Waals surface area contributed by atoms with E-state index in [1.807, 2.05) is 36.4 Å². The first-order valence-corrected chi connectivity index (χ1v) is 8.85. The van der Waals surface area contributed by atoms with Gasteiger partial charge in [0, 0.05) is 17.1 Å². The van der Waals surface area contributed by atoms with Gasteiger partial charge in [0.15, 0.2) is 0 Å². The molecule has 124 valence electrons. The van der Waals surface area contributed by atoms with Gasteiger partial charge in [0.05, 0.1) is 0 Å². The minimum absolute atomic E-state index is 0.254. The van der Waals surface area contributed by atoms with Crippen molar-refractivity contribution in [1.82, 2.24) is 5.32 Å². The molecule has 4 rings (SSSR count). The molecule has 1 aliphatic heterocycles. The molecule has 25 heavy (non-hydrogen) atoms. The van der Waals surface area contributed by atoms with Crippen LogP contribution in [0.3, 0.4) is 0 Å². The van der Waals surface area contributed by atoms with E-state index in [1.54, 1.807) is 19.2 Å². The summed E-state index contributed by atoms with van der Waals surface area (Å²) in [5.74, 6) is 1.12. The summed E-state index contributed by atoms with van der Waals surface area (Å²) in [5.41, 5.74) is 3.86. The van der Waals surface area contributed by atoms with Crippen molar-refractivity contribution in [2.75, 3.05) is 7.05 Å². The molecule has 4 heteroatoms. The number of hydrogen-bond donors (Lipinski definition) is 2. The number of benzene rings is 3. The molecule has 0 aliphatic carbocycles. The van der Waals surface area contributed by atoms with Crippen LogP contribution in [0.25, 0.3) is 0 Å². The van der Waals surface area contributed by atoms with Gasteiger partial charge in [-0.05, 0) is 41.0 Å². The van der Waals surface area contributed by atoms with E-state index >= 15 is 0 Å². The summed E-state index contributed by atoms with van der Waals surface area (Å²) >= 11 is 3.59. The minimum atomic E-state index is -0.553. The van der Waals surface area contributed by atoms with E-state index in [4.69, 9.17) is 0 Å². The molecular formula is C21H17BrN2O. The van der Waals surface area contributed by atoms with Gasteiger partial charge in [-0.15, -0.1) is 0 Å². The molecule has 3 aromatic rings. The fourth-order valence-corrected chi connectivity index (χ4v) is 3.96. The number of amidine groups is 1. The van der Waals surface area contributed by atoms with Gasteiger partial charge >= 0.3 is 0 Å². The first-order valence-electron chi connectivity index (χ1n) is 8.05. The van der Waals surface area contributed by atoms with Crippen LogP contribution in [0.5, 0.6) is 5.75 Å². The Morgan fingerprint density at radius 1 is 0.920 bits per heavy atom. The van der Waals surface area contributed by atoms with Gasteiger partial charge in [-0.2, -0.15) is 0 Å². The number of aliphatic imine (C=N–C) groups is 1. The van der Waals surface area contributed by atoms with Gasteiger partial charge in [-0.3, -0.25) is 4.99 Å². The number of nitrogens with one attached hydrogen (secondary N) is 1. The van der Waals surface area contributed by atoms with Gasteiger partial charge in [0.25, 0.3) is 0 Å². The summed E-state index contributed by atoms with van der Waals surface area (Å²) in [4.78, 5) is 4.46. The topological polar surface area (TPSA) is 44.6 Å². The van der Waals surface area contributed by atoms with Crippen LogP contribution < -0.4 is 5.32 Å². The van der Waals surface area contributed by atoms with Crippen molar-refractivity contribution in [3.63, 3.8) is 0 Å². The smallest absolute Gasteiger partial charge is 0.129 e. The predicted molar refractivity (Wildman–Crippen MR) is 104 cm³/mol. The molecule has 0 aromatic heterocycles. The Balaban J connectivity index is 2.06. The largest absolute Gasteiger partial charge is 0.508 e. The fourth-order valence-electron chi connectivity index (χ4n) is 3.56. The lowest BCUT2D eigenvalue weighted by atomic mass is 9.78.